The second-order valence-corrected chi connectivity index (χ2v) is 7.20. The summed E-state index contributed by atoms with van der Waals surface area (Å²) in [7, 11) is 0. The lowest BCUT2D eigenvalue weighted by atomic mass is 10.0. The van der Waals surface area contributed by atoms with Crippen molar-refractivity contribution in [2.75, 3.05) is 0 Å². The number of hydroxylamine groups is 1. The van der Waals surface area contributed by atoms with Crippen molar-refractivity contribution in [3.63, 3.8) is 0 Å². The molecule has 1 heterocycles. The van der Waals surface area contributed by atoms with Crippen molar-refractivity contribution in [2.24, 2.45) is 0 Å². The minimum Gasteiger partial charge on any atom is -0.444 e. The van der Waals surface area contributed by atoms with E-state index in [0.29, 0.717) is 11.6 Å². The number of carbonyl (C=O) groups excluding carboxylic acids is 1. The number of oxazole rings is 1. The number of nitrogens with zero attached hydrogens (tertiary/aromatic N) is 1. The number of rotatable bonds is 6. The summed E-state index contributed by atoms with van der Waals surface area (Å²) in [5.74, 6) is 0.293. The molecule has 28 heavy (non-hydrogen) atoms. The summed E-state index contributed by atoms with van der Waals surface area (Å²) in [5, 5.41) is 2.17. The Kier molecular flexibility index (Phi) is 5.50. The molecule has 0 saturated heterocycles. The number of amides is 1. The number of fused-ring (bicyclic) bond motifs is 1. The van der Waals surface area contributed by atoms with Crippen molar-refractivity contribution in [1.82, 2.24) is 10.5 Å². The summed E-state index contributed by atoms with van der Waals surface area (Å²) in [4.78, 5) is 21.9. The fourth-order valence-corrected chi connectivity index (χ4v) is 3.21. The number of halogens is 1. The first kappa shape index (κ1) is 18.4. The third-order valence-corrected chi connectivity index (χ3v) is 4.81. The van der Waals surface area contributed by atoms with Crippen LogP contribution in [0.5, 0.6) is 0 Å². The van der Waals surface area contributed by atoms with E-state index in [2.05, 4.69) is 26.4 Å². The summed E-state index contributed by atoms with van der Waals surface area (Å²) in [5.41, 5.74) is 4.90. The predicted octanol–water partition coefficient (Wildman–Crippen LogP) is 5.05. The van der Waals surface area contributed by atoms with Gasteiger partial charge in [-0.2, -0.15) is 0 Å². The maximum absolute atomic E-state index is 12.2. The maximum atomic E-state index is 12.2. The summed E-state index contributed by atoms with van der Waals surface area (Å²) in [6.07, 6.45) is 1.76. The number of aromatic nitrogens is 1. The minimum atomic E-state index is -0.215. The van der Waals surface area contributed by atoms with Crippen LogP contribution in [0.25, 0.3) is 22.2 Å². The zero-order valence-electron chi connectivity index (χ0n) is 14.9. The first-order valence-electron chi connectivity index (χ1n) is 8.77. The van der Waals surface area contributed by atoms with Gasteiger partial charge < -0.3 is 4.42 Å². The van der Waals surface area contributed by atoms with E-state index >= 15 is 0 Å². The number of hydrogen-bond donors (Lipinski definition) is 1. The highest BCUT2D eigenvalue weighted by atomic mass is 79.9. The molecule has 6 heteroatoms. The van der Waals surface area contributed by atoms with Crippen LogP contribution in [-0.4, -0.2) is 10.9 Å². The Hall–Kier alpha value is -2.96. The lowest BCUT2D eigenvalue weighted by Gasteiger charge is -2.07. The normalized spacial score (nSPS) is 10.9. The third-order valence-electron chi connectivity index (χ3n) is 4.28. The van der Waals surface area contributed by atoms with Crippen molar-refractivity contribution < 1.29 is 14.0 Å². The van der Waals surface area contributed by atoms with Gasteiger partial charge in [0.1, 0.15) is 18.6 Å². The van der Waals surface area contributed by atoms with Crippen LogP contribution in [0.15, 0.2) is 81.9 Å². The van der Waals surface area contributed by atoms with Crippen molar-refractivity contribution >= 4 is 32.6 Å². The zero-order valence-corrected chi connectivity index (χ0v) is 16.5. The summed E-state index contributed by atoms with van der Waals surface area (Å²) in [6.45, 7) is 0.126. The van der Waals surface area contributed by atoms with E-state index in [-0.39, 0.29) is 18.9 Å². The Bertz CT molecular complexity index is 1100. The van der Waals surface area contributed by atoms with Crippen molar-refractivity contribution in [3.05, 3.63) is 88.7 Å². The van der Waals surface area contributed by atoms with Crippen LogP contribution in [0, 0.1) is 0 Å². The van der Waals surface area contributed by atoms with Gasteiger partial charge in [-0.3, -0.25) is 9.63 Å². The smallest absolute Gasteiger partial charge is 0.247 e. The molecule has 0 atom stereocenters. The predicted molar refractivity (Wildman–Crippen MR) is 110 cm³/mol. The summed E-state index contributed by atoms with van der Waals surface area (Å²) >= 11 is 3.40. The fraction of sp³-hybridized carbons (Fsp3) is 0.0909. The van der Waals surface area contributed by atoms with Crippen molar-refractivity contribution in [3.8, 4) is 11.5 Å². The fourth-order valence-electron chi connectivity index (χ4n) is 2.94. The summed E-state index contributed by atoms with van der Waals surface area (Å²) in [6, 6.07) is 21.6. The van der Waals surface area contributed by atoms with Crippen LogP contribution < -0.4 is 5.48 Å². The number of nitrogens with one attached hydrogen (secondary N) is 1. The molecular formula is C22H17BrN2O3. The van der Waals surface area contributed by atoms with Crippen molar-refractivity contribution in [1.29, 1.82) is 0 Å². The lowest BCUT2D eigenvalue weighted by Crippen LogP contribution is -2.25. The number of benzene rings is 3. The quantitative estimate of drug-likeness (QED) is 0.429. The van der Waals surface area contributed by atoms with Gasteiger partial charge in [-0.15, -0.1) is 0 Å². The van der Waals surface area contributed by atoms with Gasteiger partial charge >= 0.3 is 0 Å². The Morgan fingerprint density at radius 1 is 1.04 bits per heavy atom. The van der Waals surface area contributed by atoms with Crippen LogP contribution in [0.3, 0.4) is 0 Å². The molecule has 3 aromatic carbocycles. The van der Waals surface area contributed by atoms with Crippen LogP contribution >= 0.6 is 15.9 Å². The Morgan fingerprint density at radius 3 is 2.68 bits per heavy atom. The standard InChI is InChI=1S/C22H17BrN2O3/c23-18-10-8-16(9-11-18)22-24-19(13-27-22)14-28-25-21(26)12-17-6-3-5-15-4-1-2-7-20(15)17/h1-11,13H,12,14H2,(H,25,26). The lowest BCUT2D eigenvalue weighted by molar-refractivity contribution is -0.133. The van der Waals surface area contributed by atoms with E-state index in [9.17, 15) is 4.79 Å². The van der Waals surface area contributed by atoms with Crippen molar-refractivity contribution in [2.45, 2.75) is 13.0 Å². The maximum Gasteiger partial charge on any atom is 0.247 e. The molecule has 0 aliphatic heterocycles. The van der Waals surface area contributed by atoms with Gasteiger partial charge in [-0.25, -0.2) is 10.5 Å². The Labute approximate surface area is 170 Å². The van der Waals surface area contributed by atoms with E-state index in [1.54, 1.807) is 0 Å². The van der Waals surface area contributed by atoms with Gasteiger partial charge in [0.05, 0.1) is 6.42 Å². The molecule has 0 fully saturated rings. The third kappa shape index (κ3) is 4.30. The van der Waals surface area contributed by atoms with E-state index in [4.69, 9.17) is 9.25 Å². The highest BCUT2D eigenvalue weighted by Crippen LogP contribution is 2.21. The summed E-state index contributed by atoms with van der Waals surface area (Å²) < 4.78 is 6.46. The van der Waals surface area contributed by atoms with Gasteiger partial charge in [0.15, 0.2) is 0 Å². The molecule has 0 unspecified atom stereocenters. The molecule has 5 nitrogen and oxygen atoms in total. The van der Waals surface area contributed by atoms with Crippen LogP contribution in [0.1, 0.15) is 11.3 Å². The largest absolute Gasteiger partial charge is 0.444 e. The van der Waals surface area contributed by atoms with E-state index in [1.165, 1.54) is 6.26 Å². The molecule has 1 N–H and O–H groups in total. The Morgan fingerprint density at radius 2 is 1.82 bits per heavy atom. The molecule has 0 radical (unpaired) electrons. The van der Waals surface area contributed by atoms with Crippen LogP contribution in [0.2, 0.25) is 0 Å². The first-order valence-corrected chi connectivity index (χ1v) is 9.56. The molecule has 0 bridgehead atoms. The molecule has 140 valence electrons. The first-order chi connectivity index (χ1) is 13.7. The minimum absolute atomic E-state index is 0.126. The second kappa shape index (κ2) is 8.37. The SMILES string of the molecule is O=C(Cc1cccc2ccccc12)NOCc1coc(-c2ccc(Br)cc2)n1. The van der Waals surface area contributed by atoms with Gasteiger partial charge in [0.2, 0.25) is 11.8 Å². The molecule has 0 spiro atoms. The number of hydrogen-bond acceptors (Lipinski definition) is 4. The molecule has 0 aliphatic rings. The average Bonchev–Trinajstić information content (AvgIpc) is 3.18. The molecule has 1 aromatic heterocycles. The molecular weight excluding hydrogens is 420 g/mol. The second-order valence-electron chi connectivity index (χ2n) is 6.28. The monoisotopic (exact) mass is 436 g/mol. The molecule has 4 rings (SSSR count). The highest BCUT2D eigenvalue weighted by Gasteiger charge is 2.09. The van der Waals surface area contributed by atoms with Gasteiger partial charge in [-0.1, -0.05) is 58.4 Å². The Balaban J connectivity index is 1.33. The topological polar surface area (TPSA) is 64.4 Å². The van der Waals surface area contributed by atoms with Crippen LogP contribution in [-0.2, 0) is 22.7 Å². The molecule has 0 saturated carbocycles. The van der Waals surface area contributed by atoms with Gasteiger partial charge in [0, 0.05) is 10.0 Å². The average molecular weight is 437 g/mol. The van der Waals surface area contributed by atoms with E-state index in [1.807, 2.05) is 66.7 Å². The highest BCUT2D eigenvalue weighted by molar-refractivity contribution is 9.10. The molecule has 0 aliphatic carbocycles. The number of carbonyl (C=O) groups is 1. The molecule has 1 amide bonds. The van der Waals surface area contributed by atoms with Crippen LogP contribution in [0.4, 0.5) is 0 Å². The van der Waals surface area contributed by atoms with E-state index < -0.39 is 0 Å². The van der Waals surface area contributed by atoms with Gasteiger partial charge in [-0.05, 0) is 40.6 Å². The van der Waals surface area contributed by atoms with E-state index in [0.717, 1.165) is 26.4 Å². The molecule has 4 aromatic rings. The van der Waals surface area contributed by atoms with Gasteiger partial charge in [0.25, 0.3) is 0 Å². The zero-order chi connectivity index (χ0) is 19.3.